The van der Waals surface area contributed by atoms with Gasteiger partial charge in [-0.1, -0.05) is 39.3 Å². The molecule has 1 aliphatic heterocycles. The minimum atomic E-state index is -0.108. The van der Waals surface area contributed by atoms with Gasteiger partial charge in [0, 0.05) is 11.1 Å². The molecule has 0 aromatic heterocycles. The van der Waals surface area contributed by atoms with Gasteiger partial charge < -0.3 is 9.47 Å². The second-order valence-corrected chi connectivity index (χ2v) is 7.72. The Balaban J connectivity index is 1.95. The number of hydrogen-bond acceptors (Lipinski definition) is 2. The zero-order valence-electron chi connectivity index (χ0n) is 12.3. The molecule has 0 radical (unpaired) electrons. The summed E-state index contributed by atoms with van der Waals surface area (Å²) in [5.74, 6) is 1.86. The first-order valence-corrected chi connectivity index (χ1v) is 7.81. The minimum absolute atomic E-state index is 0.108. The summed E-state index contributed by atoms with van der Waals surface area (Å²) in [6.07, 6.45) is 0. The average molecular weight is 315 g/mol. The molecule has 1 aliphatic carbocycles. The van der Waals surface area contributed by atoms with E-state index in [1.54, 1.807) is 0 Å². The van der Waals surface area contributed by atoms with Crippen molar-refractivity contribution in [3.63, 3.8) is 0 Å². The van der Waals surface area contributed by atoms with Crippen LogP contribution in [-0.4, -0.2) is 13.2 Å². The van der Waals surface area contributed by atoms with Crippen molar-refractivity contribution in [2.45, 2.75) is 33.1 Å². The molecule has 3 rings (SSSR count). The number of alkyl halides is 1. The van der Waals surface area contributed by atoms with Crippen LogP contribution in [0.15, 0.2) is 12.1 Å². The van der Waals surface area contributed by atoms with Crippen molar-refractivity contribution in [2.24, 2.45) is 16.7 Å². The Kier molecular flexibility index (Phi) is 3.19. The fourth-order valence-corrected chi connectivity index (χ4v) is 4.59. The number of hydrogen-bond donors (Lipinski definition) is 0. The van der Waals surface area contributed by atoms with Crippen LogP contribution in [0.3, 0.4) is 0 Å². The Morgan fingerprint density at radius 3 is 2.05 bits per heavy atom. The van der Waals surface area contributed by atoms with Crippen molar-refractivity contribution in [2.75, 3.05) is 13.2 Å². The molecule has 0 saturated heterocycles. The van der Waals surface area contributed by atoms with E-state index in [0.29, 0.717) is 29.9 Å². The van der Waals surface area contributed by atoms with E-state index in [4.69, 9.17) is 32.7 Å². The summed E-state index contributed by atoms with van der Waals surface area (Å²) >= 11 is 13.1. The van der Waals surface area contributed by atoms with Gasteiger partial charge in [0.2, 0.25) is 0 Å². The maximum atomic E-state index is 6.74. The maximum absolute atomic E-state index is 6.74. The SMILES string of the molecule is CC1(C)C(C(Cl)c2cc3c(cc2Cl)OCCO3)C1(C)C. The second-order valence-electron chi connectivity index (χ2n) is 6.84. The fourth-order valence-electron chi connectivity index (χ4n) is 3.45. The van der Waals surface area contributed by atoms with Crippen molar-refractivity contribution in [1.29, 1.82) is 0 Å². The Morgan fingerprint density at radius 1 is 1.05 bits per heavy atom. The lowest BCUT2D eigenvalue weighted by Gasteiger charge is -2.22. The molecule has 2 nitrogen and oxygen atoms in total. The van der Waals surface area contributed by atoms with Crippen molar-refractivity contribution >= 4 is 23.2 Å². The van der Waals surface area contributed by atoms with Crippen LogP contribution in [0.1, 0.15) is 38.6 Å². The van der Waals surface area contributed by atoms with E-state index < -0.39 is 0 Å². The zero-order chi connectivity index (χ0) is 14.7. The fraction of sp³-hybridized carbons (Fsp3) is 0.625. The number of benzene rings is 1. The van der Waals surface area contributed by atoms with Gasteiger partial charge in [0.15, 0.2) is 11.5 Å². The molecule has 1 fully saturated rings. The number of fused-ring (bicyclic) bond motifs is 1. The molecule has 1 atom stereocenters. The first kappa shape index (κ1) is 14.3. The molecule has 1 heterocycles. The summed E-state index contributed by atoms with van der Waals surface area (Å²) in [5, 5.41) is 0.552. The molecular weight excluding hydrogens is 295 g/mol. The Morgan fingerprint density at radius 2 is 1.55 bits per heavy atom. The topological polar surface area (TPSA) is 18.5 Å². The largest absolute Gasteiger partial charge is 0.486 e. The molecule has 4 heteroatoms. The van der Waals surface area contributed by atoms with Crippen LogP contribution in [0.5, 0.6) is 11.5 Å². The first-order chi connectivity index (χ1) is 9.26. The van der Waals surface area contributed by atoms with E-state index in [1.807, 2.05) is 12.1 Å². The third-order valence-electron chi connectivity index (χ3n) is 5.38. The van der Waals surface area contributed by atoms with E-state index in [1.165, 1.54) is 0 Å². The van der Waals surface area contributed by atoms with Crippen molar-refractivity contribution in [3.8, 4) is 11.5 Å². The van der Waals surface area contributed by atoms with Crippen LogP contribution < -0.4 is 9.47 Å². The summed E-state index contributed by atoms with van der Waals surface area (Å²) in [6.45, 7) is 10.2. The smallest absolute Gasteiger partial charge is 0.162 e. The summed E-state index contributed by atoms with van der Waals surface area (Å²) in [7, 11) is 0. The van der Waals surface area contributed by atoms with Gasteiger partial charge >= 0.3 is 0 Å². The summed E-state index contributed by atoms with van der Waals surface area (Å²) in [4.78, 5) is 0. The van der Waals surface area contributed by atoms with E-state index in [9.17, 15) is 0 Å². The van der Waals surface area contributed by atoms with Gasteiger partial charge in [-0.2, -0.15) is 0 Å². The number of halogens is 2. The van der Waals surface area contributed by atoms with Crippen LogP contribution in [-0.2, 0) is 0 Å². The summed E-state index contributed by atoms with van der Waals surface area (Å²) in [6, 6.07) is 3.77. The summed E-state index contributed by atoms with van der Waals surface area (Å²) < 4.78 is 11.2. The standard InChI is InChI=1S/C16H20Cl2O2/c1-15(2)14(16(15,3)4)13(18)9-7-11-12(8-10(9)17)20-6-5-19-11/h7-8,13-14H,5-6H2,1-4H3. The van der Waals surface area contributed by atoms with Crippen molar-refractivity contribution in [1.82, 2.24) is 0 Å². The zero-order valence-corrected chi connectivity index (χ0v) is 13.8. The molecule has 0 bridgehead atoms. The predicted octanol–water partition coefficient (Wildman–Crippen LogP) is 5.07. The molecule has 1 aromatic rings. The average Bonchev–Trinajstić information content (AvgIpc) is 2.78. The van der Waals surface area contributed by atoms with E-state index in [0.717, 1.165) is 11.3 Å². The highest BCUT2D eigenvalue weighted by Crippen LogP contribution is 2.74. The molecule has 1 unspecified atom stereocenters. The number of ether oxygens (including phenoxy) is 2. The van der Waals surface area contributed by atoms with Gasteiger partial charge in [0.1, 0.15) is 13.2 Å². The first-order valence-electron chi connectivity index (χ1n) is 7.00. The monoisotopic (exact) mass is 314 g/mol. The molecule has 0 spiro atoms. The Labute approximate surface area is 130 Å². The molecular formula is C16H20Cl2O2. The van der Waals surface area contributed by atoms with Crippen LogP contribution in [0.4, 0.5) is 0 Å². The highest BCUT2D eigenvalue weighted by molar-refractivity contribution is 6.33. The summed E-state index contributed by atoms with van der Waals surface area (Å²) in [5.41, 5.74) is 1.38. The molecule has 110 valence electrons. The molecule has 1 saturated carbocycles. The van der Waals surface area contributed by atoms with Gasteiger partial charge in [0.05, 0.1) is 5.38 Å². The lowest BCUT2D eigenvalue weighted by Crippen LogP contribution is -2.16. The highest BCUT2D eigenvalue weighted by Gasteiger charge is 2.67. The Bertz CT molecular complexity index is 538. The van der Waals surface area contributed by atoms with Gasteiger partial charge in [0.25, 0.3) is 0 Å². The van der Waals surface area contributed by atoms with E-state index in [2.05, 4.69) is 27.7 Å². The number of rotatable bonds is 2. The highest BCUT2D eigenvalue weighted by atomic mass is 35.5. The molecule has 0 amide bonds. The van der Waals surface area contributed by atoms with Gasteiger partial charge in [-0.05, 0) is 28.4 Å². The van der Waals surface area contributed by atoms with Crippen LogP contribution >= 0.6 is 23.2 Å². The Hall–Kier alpha value is -0.600. The molecule has 20 heavy (non-hydrogen) atoms. The van der Waals surface area contributed by atoms with Crippen molar-refractivity contribution in [3.05, 3.63) is 22.7 Å². The normalized spacial score (nSPS) is 24.3. The molecule has 1 aromatic carbocycles. The van der Waals surface area contributed by atoms with Gasteiger partial charge in [-0.3, -0.25) is 0 Å². The van der Waals surface area contributed by atoms with E-state index in [-0.39, 0.29) is 16.2 Å². The van der Waals surface area contributed by atoms with Gasteiger partial charge in [-0.25, -0.2) is 0 Å². The predicted molar refractivity (Wildman–Crippen MR) is 82.1 cm³/mol. The maximum Gasteiger partial charge on any atom is 0.162 e. The van der Waals surface area contributed by atoms with E-state index >= 15 is 0 Å². The lowest BCUT2D eigenvalue weighted by atomic mass is 10.0. The molecule has 2 aliphatic rings. The molecule has 0 N–H and O–H groups in total. The second kappa shape index (κ2) is 4.45. The quantitative estimate of drug-likeness (QED) is 0.709. The van der Waals surface area contributed by atoms with Crippen molar-refractivity contribution < 1.29 is 9.47 Å². The van der Waals surface area contributed by atoms with Crippen LogP contribution in [0.25, 0.3) is 0 Å². The third kappa shape index (κ3) is 1.92. The van der Waals surface area contributed by atoms with Crippen LogP contribution in [0.2, 0.25) is 5.02 Å². The third-order valence-corrected chi connectivity index (χ3v) is 6.20. The lowest BCUT2D eigenvalue weighted by molar-refractivity contribution is 0.171. The van der Waals surface area contributed by atoms with Crippen LogP contribution in [0, 0.1) is 16.7 Å². The van der Waals surface area contributed by atoms with Gasteiger partial charge in [-0.15, -0.1) is 11.6 Å². The minimum Gasteiger partial charge on any atom is -0.486 e.